The van der Waals surface area contributed by atoms with Crippen LogP contribution in [0.1, 0.15) is 59.8 Å². The normalized spacial score (nSPS) is 31.4. The first-order valence-corrected chi connectivity index (χ1v) is 8.89. The van der Waals surface area contributed by atoms with Crippen molar-refractivity contribution >= 4 is 5.91 Å². The van der Waals surface area contributed by atoms with Gasteiger partial charge in [0, 0.05) is 12.6 Å². The maximum absolute atomic E-state index is 12.9. The highest BCUT2D eigenvalue weighted by Gasteiger charge is 2.43. The van der Waals surface area contributed by atoms with E-state index < -0.39 is 0 Å². The van der Waals surface area contributed by atoms with Crippen molar-refractivity contribution in [1.82, 2.24) is 15.1 Å². The smallest absolute Gasteiger partial charge is 0.241 e. The second-order valence-corrected chi connectivity index (χ2v) is 6.99. The molecule has 2 aliphatic heterocycles. The Morgan fingerprint density at radius 3 is 2.71 bits per heavy atom. The Balaban J connectivity index is 2.08. The fourth-order valence-electron chi connectivity index (χ4n) is 3.76. The summed E-state index contributed by atoms with van der Waals surface area (Å²) < 4.78 is 0. The molecule has 2 fully saturated rings. The van der Waals surface area contributed by atoms with Gasteiger partial charge in [-0.25, -0.2) is 0 Å². The van der Waals surface area contributed by atoms with Gasteiger partial charge in [-0.2, -0.15) is 0 Å². The molecular weight excluding hydrogens is 262 g/mol. The van der Waals surface area contributed by atoms with Crippen molar-refractivity contribution in [3.8, 4) is 0 Å². The predicted octanol–water partition coefficient (Wildman–Crippen LogP) is 2.44. The Bertz CT molecular complexity index is 345. The number of carbonyl (C=O) groups is 1. The molecule has 0 radical (unpaired) electrons. The van der Waals surface area contributed by atoms with E-state index in [0.29, 0.717) is 17.9 Å². The van der Waals surface area contributed by atoms with Crippen LogP contribution >= 0.6 is 0 Å². The zero-order valence-corrected chi connectivity index (χ0v) is 14.3. The van der Waals surface area contributed by atoms with Gasteiger partial charge in [-0.05, 0) is 38.3 Å². The minimum atomic E-state index is 0.0503. The summed E-state index contributed by atoms with van der Waals surface area (Å²) in [7, 11) is 0. The second-order valence-electron chi connectivity index (χ2n) is 6.99. The Labute approximate surface area is 130 Å². The summed E-state index contributed by atoms with van der Waals surface area (Å²) in [4.78, 5) is 17.6. The van der Waals surface area contributed by atoms with Crippen LogP contribution in [-0.2, 0) is 4.79 Å². The zero-order valence-electron chi connectivity index (χ0n) is 14.3. The van der Waals surface area contributed by atoms with E-state index in [1.807, 2.05) is 0 Å². The number of piperidine rings is 1. The fourth-order valence-corrected chi connectivity index (χ4v) is 3.76. The summed E-state index contributed by atoms with van der Waals surface area (Å²) in [6, 6.07) is 0.451. The molecule has 0 bridgehead atoms. The molecule has 2 rings (SSSR count). The number of likely N-dealkylation sites (tertiary alicyclic amines) is 1. The number of unbranched alkanes of at least 4 members (excludes halogenated alkanes) is 1. The molecule has 2 saturated heterocycles. The number of carbonyl (C=O) groups excluding carboxylic acids is 1. The molecule has 0 spiro atoms. The summed E-state index contributed by atoms with van der Waals surface area (Å²) in [5.41, 5.74) is 0. The molecule has 2 aliphatic rings. The summed E-state index contributed by atoms with van der Waals surface area (Å²) in [6.45, 7) is 12.2. The lowest BCUT2D eigenvalue weighted by Crippen LogP contribution is -2.53. The van der Waals surface area contributed by atoms with E-state index in [9.17, 15) is 4.79 Å². The van der Waals surface area contributed by atoms with Crippen molar-refractivity contribution in [3.05, 3.63) is 0 Å². The first-order chi connectivity index (χ1) is 10.1. The molecule has 0 saturated carbocycles. The maximum atomic E-state index is 12.9. The van der Waals surface area contributed by atoms with Crippen LogP contribution in [-0.4, -0.2) is 53.6 Å². The highest BCUT2D eigenvalue weighted by atomic mass is 16.2. The van der Waals surface area contributed by atoms with E-state index in [1.165, 1.54) is 13.0 Å². The number of rotatable bonds is 6. The third-order valence-electron chi connectivity index (χ3n) is 5.02. The summed E-state index contributed by atoms with van der Waals surface area (Å²) in [6.07, 6.45) is 5.87. The molecule has 0 aromatic heterocycles. The minimum absolute atomic E-state index is 0.0503. The van der Waals surface area contributed by atoms with Crippen LogP contribution in [0, 0.1) is 5.92 Å². The molecule has 122 valence electrons. The Morgan fingerprint density at radius 1 is 1.33 bits per heavy atom. The van der Waals surface area contributed by atoms with Gasteiger partial charge in [-0.3, -0.25) is 10.1 Å². The van der Waals surface area contributed by atoms with Crippen molar-refractivity contribution in [2.45, 2.75) is 78.0 Å². The minimum Gasteiger partial charge on any atom is -0.321 e. The van der Waals surface area contributed by atoms with Gasteiger partial charge in [-0.15, -0.1) is 0 Å². The molecule has 4 nitrogen and oxygen atoms in total. The van der Waals surface area contributed by atoms with Gasteiger partial charge in [0.15, 0.2) is 0 Å². The Kier molecular flexibility index (Phi) is 6.06. The lowest BCUT2D eigenvalue weighted by Gasteiger charge is -2.40. The van der Waals surface area contributed by atoms with Crippen molar-refractivity contribution in [2.24, 2.45) is 5.92 Å². The maximum Gasteiger partial charge on any atom is 0.241 e. The van der Waals surface area contributed by atoms with Gasteiger partial charge in [-0.1, -0.05) is 40.5 Å². The largest absolute Gasteiger partial charge is 0.321 e. The summed E-state index contributed by atoms with van der Waals surface area (Å²) >= 11 is 0. The summed E-state index contributed by atoms with van der Waals surface area (Å²) in [5.74, 6) is 0.822. The van der Waals surface area contributed by atoms with E-state index in [2.05, 4.69) is 42.8 Å². The number of likely N-dealkylation sites (N-methyl/N-ethyl adjacent to an activating group) is 1. The lowest BCUT2D eigenvalue weighted by atomic mass is 10.0. The first-order valence-electron chi connectivity index (χ1n) is 8.89. The van der Waals surface area contributed by atoms with Gasteiger partial charge in [0.1, 0.15) is 0 Å². The highest BCUT2D eigenvalue weighted by molar-refractivity contribution is 5.84. The monoisotopic (exact) mass is 295 g/mol. The average molecular weight is 295 g/mol. The molecule has 1 amide bonds. The molecule has 0 aromatic carbocycles. The SMILES string of the molecule is CCCCC1NC(C(C)C)N(C2CCCN(CC)C2)C1=O. The topological polar surface area (TPSA) is 35.6 Å². The van der Waals surface area contributed by atoms with Crippen molar-refractivity contribution in [1.29, 1.82) is 0 Å². The van der Waals surface area contributed by atoms with Gasteiger partial charge in [0.2, 0.25) is 5.91 Å². The van der Waals surface area contributed by atoms with Crippen LogP contribution in [0.2, 0.25) is 0 Å². The third-order valence-corrected chi connectivity index (χ3v) is 5.02. The number of hydrogen-bond acceptors (Lipinski definition) is 3. The van der Waals surface area contributed by atoms with Crippen molar-refractivity contribution in [2.75, 3.05) is 19.6 Å². The molecule has 21 heavy (non-hydrogen) atoms. The van der Waals surface area contributed by atoms with Crippen LogP contribution in [0.3, 0.4) is 0 Å². The molecule has 3 atom stereocenters. The van der Waals surface area contributed by atoms with E-state index in [4.69, 9.17) is 0 Å². The Morgan fingerprint density at radius 2 is 2.10 bits per heavy atom. The number of hydrogen-bond donors (Lipinski definition) is 1. The Hall–Kier alpha value is -0.610. The lowest BCUT2D eigenvalue weighted by molar-refractivity contribution is -0.134. The quantitative estimate of drug-likeness (QED) is 0.817. The van der Waals surface area contributed by atoms with E-state index in [-0.39, 0.29) is 12.2 Å². The van der Waals surface area contributed by atoms with Crippen LogP contribution in [0.5, 0.6) is 0 Å². The van der Waals surface area contributed by atoms with Crippen molar-refractivity contribution < 1.29 is 4.79 Å². The number of amides is 1. The van der Waals surface area contributed by atoms with Crippen LogP contribution in [0.25, 0.3) is 0 Å². The first kappa shape index (κ1) is 16.8. The van der Waals surface area contributed by atoms with Gasteiger partial charge in [0.05, 0.1) is 12.2 Å². The third kappa shape index (κ3) is 3.78. The zero-order chi connectivity index (χ0) is 15.4. The van der Waals surface area contributed by atoms with E-state index in [0.717, 1.165) is 38.8 Å². The van der Waals surface area contributed by atoms with Gasteiger partial charge < -0.3 is 9.80 Å². The van der Waals surface area contributed by atoms with Gasteiger partial charge >= 0.3 is 0 Å². The number of nitrogens with zero attached hydrogens (tertiary/aromatic N) is 2. The average Bonchev–Trinajstić information content (AvgIpc) is 2.82. The number of nitrogens with one attached hydrogen (secondary N) is 1. The van der Waals surface area contributed by atoms with Crippen LogP contribution < -0.4 is 5.32 Å². The molecule has 3 unspecified atom stereocenters. The summed E-state index contributed by atoms with van der Waals surface area (Å²) in [5, 5.41) is 3.61. The molecule has 2 heterocycles. The van der Waals surface area contributed by atoms with E-state index >= 15 is 0 Å². The predicted molar refractivity (Wildman–Crippen MR) is 87.1 cm³/mol. The second kappa shape index (κ2) is 7.59. The molecular formula is C17H33N3O. The molecule has 0 aromatic rings. The molecule has 1 N–H and O–H groups in total. The van der Waals surface area contributed by atoms with Crippen molar-refractivity contribution in [3.63, 3.8) is 0 Å². The van der Waals surface area contributed by atoms with Gasteiger partial charge in [0.25, 0.3) is 0 Å². The fraction of sp³-hybridized carbons (Fsp3) is 0.941. The van der Waals surface area contributed by atoms with E-state index in [1.54, 1.807) is 0 Å². The highest BCUT2D eigenvalue weighted by Crippen LogP contribution is 2.27. The van der Waals surface area contributed by atoms with Crippen LogP contribution in [0.4, 0.5) is 0 Å². The standard InChI is InChI=1S/C17H33N3O/c1-5-7-10-15-17(21)20(16(18-15)13(3)4)14-9-8-11-19(6-2)12-14/h13-16,18H,5-12H2,1-4H3. The molecule has 4 heteroatoms. The molecule has 0 aliphatic carbocycles. The van der Waals surface area contributed by atoms with Crippen LogP contribution in [0.15, 0.2) is 0 Å².